The first-order valence-corrected chi connectivity index (χ1v) is 8.30. The number of benzene rings is 1. The molecule has 2 atom stereocenters. The monoisotopic (exact) mass is 325 g/mol. The zero-order valence-corrected chi connectivity index (χ0v) is 14.1. The largest absolute Gasteiger partial charge is 0.390 e. The summed E-state index contributed by atoms with van der Waals surface area (Å²) in [6.45, 7) is 4.75. The lowest BCUT2D eigenvalue weighted by Crippen LogP contribution is -2.52. The van der Waals surface area contributed by atoms with Gasteiger partial charge in [0.05, 0.1) is 11.2 Å². The van der Waals surface area contributed by atoms with Gasteiger partial charge in [-0.25, -0.2) is 9.97 Å². The Morgan fingerprint density at radius 3 is 2.62 bits per heavy atom. The second kappa shape index (κ2) is 6.69. The molecule has 1 aliphatic heterocycles. The molecule has 3 rings (SSSR count). The van der Waals surface area contributed by atoms with Crippen LogP contribution in [0.3, 0.4) is 0 Å². The molecule has 24 heavy (non-hydrogen) atoms. The predicted octanol–water partition coefficient (Wildman–Crippen LogP) is 2.24. The summed E-state index contributed by atoms with van der Waals surface area (Å²) in [5.41, 5.74) is 0.910. The van der Waals surface area contributed by atoms with E-state index < -0.39 is 5.60 Å². The van der Waals surface area contributed by atoms with E-state index >= 15 is 0 Å². The lowest BCUT2D eigenvalue weighted by molar-refractivity contribution is -0.0507. The highest BCUT2D eigenvalue weighted by Crippen LogP contribution is 2.31. The molecule has 0 saturated carbocycles. The average molecular weight is 325 g/mol. The van der Waals surface area contributed by atoms with Gasteiger partial charge >= 0.3 is 0 Å². The Balaban J connectivity index is 1.75. The molecule has 1 N–H and O–H groups in total. The first-order valence-electron chi connectivity index (χ1n) is 8.30. The van der Waals surface area contributed by atoms with Gasteiger partial charge in [0.1, 0.15) is 5.82 Å². The molecule has 1 aromatic carbocycles. The summed E-state index contributed by atoms with van der Waals surface area (Å²) < 4.78 is 0. The Labute approximate surface area is 142 Å². The van der Waals surface area contributed by atoms with Gasteiger partial charge in [-0.2, -0.15) is 0 Å². The molecule has 0 spiro atoms. The standard InChI is InChI=1S/C19H23N3O2/c1-14-20-11-16(12-21-14)18(23)22-9-8-19(2,24)17(13-22)10-15-6-4-3-5-7-15/h3-7,11-12,17,24H,8-10,13H2,1-2H3/t17-,19+/m0/s1. The fraction of sp³-hybridized carbons (Fsp3) is 0.421. The third kappa shape index (κ3) is 3.62. The average Bonchev–Trinajstić information content (AvgIpc) is 2.58. The molecule has 0 radical (unpaired) electrons. The van der Waals surface area contributed by atoms with Crippen molar-refractivity contribution in [3.63, 3.8) is 0 Å². The van der Waals surface area contributed by atoms with E-state index in [4.69, 9.17) is 0 Å². The van der Waals surface area contributed by atoms with Gasteiger partial charge in [0.15, 0.2) is 0 Å². The maximum Gasteiger partial charge on any atom is 0.257 e. The van der Waals surface area contributed by atoms with Crippen molar-refractivity contribution in [1.82, 2.24) is 14.9 Å². The van der Waals surface area contributed by atoms with Crippen molar-refractivity contribution in [2.75, 3.05) is 13.1 Å². The van der Waals surface area contributed by atoms with E-state index in [1.54, 1.807) is 24.2 Å². The summed E-state index contributed by atoms with van der Waals surface area (Å²) in [5.74, 6) is 0.586. The Morgan fingerprint density at radius 2 is 1.96 bits per heavy atom. The lowest BCUT2D eigenvalue weighted by Gasteiger charge is -2.43. The summed E-state index contributed by atoms with van der Waals surface area (Å²) in [5, 5.41) is 10.7. The summed E-state index contributed by atoms with van der Waals surface area (Å²) in [4.78, 5) is 22.7. The van der Waals surface area contributed by atoms with Crippen molar-refractivity contribution >= 4 is 5.91 Å². The van der Waals surface area contributed by atoms with Crippen LogP contribution >= 0.6 is 0 Å². The zero-order chi connectivity index (χ0) is 17.2. The van der Waals surface area contributed by atoms with Gasteiger partial charge in [-0.05, 0) is 32.3 Å². The topological polar surface area (TPSA) is 66.3 Å². The molecule has 2 heterocycles. The van der Waals surface area contributed by atoms with Crippen molar-refractivity contribution in [3.05, 3.63) is 59.7 Å². The molecular formula is C19H23N3O2. The van der Waals surface area contributed by atoms with Gasteiger partial charge in [0, 0.05) is 31.4 Å². The Kier molecular flexibility index (Phi) is 4.62. The summed E-state index contributed by atoms with van der Waals surface area (Å²) in [6.07, 6.45) is 4.47. The number of carbonyl (C=O) groups excluding carboxylic acids is 1. The fourth-order valence-corrected chi connectivity index (χ4v) is 3.17. The van der Waals surface area contributed by atoms with Gasteiger partial charge in [-0.1, -0.05) is 30.3 Å². The molecule has 1 saturated heterocycles. The van der Waals surface area contributed by atoms with Gasteiger partial charge in [-0.15, -0.1) is 0 Å². The van der Waals surface area contributed by atoms with Crippen molar-refractivity contribution in [3.8, 4) is 0 Å². The fourth-order valence-electron chi connectivity index (χ4n) is 3.17. The number of aromatic nitrogens is 2. The SMILES string of the molecule is Cc1ncc(C(=O)N2CC[C@@](C)(O)[C@@H](Cc3ccccc3)C2)cn1. The van der Waals surface area contributed by atoms with Gasteiger partial charge in [0.25, 0.3) is 5.91 Å². The number of carbonyl (C=O) groups is 1. The second-order valence-electron chi connectivity index (χ2n) is 6.76. The van der Waals surface area contributed by atoms with Gasteiger partial charge < -0.3 is 10.0 Å². The van der Waals surface area contributed by atoms with E-state index in [1.807, 2.05) is 25.1 Å². The smallest absolute Gasteiger partial charge is 0.257 e. The minimum Gasteiger partial charge on any atom is -0.390 e. The Bertz CT molecular complexity index is 698. The molecule has 1 amide bonds. The second-order valence-corrected chi connectivity index (χ2v) is 6.76. The molecule has 0 bridgehead atoms. The van der Waals surface area contributed by atoms with E-state index in [0.29, 0.717) is 30.9 Å². The molecule has 1 aromatic heterocycles. The van der Waals surface area contributed by atoms with Crippen LogP contribution in [0.15, 0.2) is 42.7 Å². The lowest BCUT2D eigenvalue weighted by atomic mass is 9.78. The summed E-state index contributed by atoms with van der Waals surface area (Å²) in [6, 6.07) is 10.1. The van der Waals surface area contributed by atoms with Crippen LogP contribution in [0.2, 0.25) is 0 Å². The molecular weight excluding hydrogens is 302 g/mol. The van der Waals surface area contributed by atoms with Crippen LogP contribution in [-0.4, -0.2) is 44.6 Å². The number of aliphatic hydroxyl groups is 1. The maximum absolute atomic E-state index is 12.7. The first-order chi connectivity index (χ1) is 11.5. The Hall–Kier alpha value is -2.27. The number of piperidine rings is 1. The summed E-state index contributed by atoms with van der Waals surface area (Å²) in [7, 11) is 0. The quantitative estimate of drug-likeness (QED) is 0.940. The molecule has 126 valence electrons. The molecule has 5 nitrogen and oxygen atoms in total. The first kappa shape index (κ1) is 16.6. The van der Waals surface area contributed by atoms with Gasteiger partial charge in [-0.3, -0.25) is 4.79 Å². The normalized spacial score (nSPS) is 24.0. The van der Waals surface area contributed by atoms with Gasteiger partial charge in [0.2, 0.25) is 0 Å². The molecule has 0 aliphatic carbocycles. The van der Waals surface area contributed by atoms with E-state index in [0.717, 1.165) is 6.42 Å². The number of rotatable bonds is 3. The van der Waals surface area contributed by atoms with E-state index in [9.17, 15) is 9.90 Å². The minimum absolute atomic E-state index is 0.00367. The molecule has 1 fully saturated rings. The number of hydrogen-bond donors (Lipinski definition) is 1. The third-order valence-corrected chi connectivity index (χ3v) is 4.85. The van der Waals surface area contributed by atoms with E-state index in [-0.39, 0.29) is 11.8 Å². The van der Waals surface area contributed by atoms with Crippen molar-refractivity contribution < 1.29 is 9.90 Å². The molecule has 1 aliphatic rings. The van der Waals surface area contributed by atoms with Crippen LogP contribution in [0, 0.1) is 12.8 Å². The van der Waals surface area contributed by atoms with Crippen molar-refractivity contribution in [1.29, 1.82) is 0 Å². The number of aryl methyl sites for hydroxylation is 1. The predicted molar refractivity (Wildman–Crippen MR) is 91.5 cm³/mol. The van der Waals surface area contributed by atoms with Crippen LogP contribution in [0.1, 0.15) is 35.1 Å². The van der Waals surface area contributed by atoms with Crippen LogP contribution in [0.5, 0.6) is 0 Å². The van der Waals surface area contributed by atoms with Crippen LogP contribution in [0.4, 0.5) is 0 Å². The molecule has 5 heteroatoms. The third-order valence-electron chi connectivity index (χ3n) is 4.85. The highest BCUT2D eigenvalue weighted by atomic mass is 16.3. The van der Waals surface area contributed by atoms with Crippen molar-refractivity contribution in [2.24, 2.45) is 5.92 Å². The number of amides is 1. The molecule has 0 unspecified atom stereocenters. The Morgan fingerprint density at radius 1 is 1.29 bits per heavy atom. The van der Waals surface area contributed by atoms with Crippen LogP contribution in [0.25, 0.3) is 0 Å². The highest BCUT2D eigenvalue weighted by Gasteiger charge is 2.39. The number of likely N-dealkylation sites (tertiary alicyclic amines) is 1. The maximum atomic E-state index is 12.7. The zero-order valence-electron chi connectivity index (χ0n) is 14.1. The van der Waals surface area contributed by atoms with Crippen molar-refractivity contribution in [2.45, 2.75) is 32.3 Å². The molecule has 2 aromatic rings. The number of nitrogens with zero attached hydrogens (tertiary/aromatic N) is 3. The highest BCUT2D eigenvalue weighted by molar-refractivity contribution is 5.93. The van der Waals surface area contributed by atoms with E-state index in [1.165, 1.54) is 5.56 Å². The minimum atomic E-state index is -0.767. The van der Waals surface area contributed by atoms with Crippen LogP contribution in [-0.2, 0) is 6.42 Å². The number of hydrogen-bond acceptors (Lipinski definition) is 4. The van der Waals surface area contributed by atoms with E-state index in [2.05, 4.69) is 22.1 Å². The summed E-state index contributed by atoms with van der Waals surface area (Å²) >= 11 is 0. The van der Waals surface area contributed by atoms with Crippen LogP contribution < -0.4 is 0 Å².